The van der Waals surface area contributed by atoms with Crippen LogP contribution in [0.3, 0.4) is 0 Å². The first-order valence-electron chi connectivity index (χ1n) is 12.8. The van der Waals surface area contributed by atoms with Crippen LogP contribution in [0.5, 0.6) is 5.75 Å². The predicted octanol–water partition coefficient (Wildman–Crippen LogP) is -1.22. The van der Waals surface area contributed by atoms with Gasteiger partial charge in [-0.3, -0.25) is 19.2 Å². The van der Waals surface area contributed by atoms with Crippen LogP contribution in [-0.2, 0) is 21.4 Å². The van der Waals surface area contributed by atoms with Gasteiger partial charge in [0.25, 0.3) is 5.91 Å². The smallest absolute Gasteiger partial charge is 0.353 e. The van der Waals surface area contributed by atoms with Crippen molar-refractivity contribution in [3.63, 3.8) is 0 Å². The van der Waals surface area contributed by atoms with Gasteiger partial charge in [0.05, 0.1) is 24.7 Å². The average Bonchev–Trinajstić information content (AvgIpc) is 3.41. The number of nitrogens with zero attached hydrogens (tertiary/aromatic N) is 2. The topological polar surface area (TPSA) is 182 Å². The largest absolute Gasteiger partial charge is 0.503 e. The van der Waals surface area contributed by atoms with E-state index in [1.807, 2.05) is 6.92 Å². The maximum atomic E-state index is 13.0. The molecule has 0 unspecified atom stereocenters. The molecule has 3 aliphatic heterocycles. The van der Waals surface area contributed by atoms with Crippen LogP contribution in [0.15, 0.2) is 27.7 Å². The second-order valence-corrected chi connectivity index (χ2v) is 11.6. The predicted molar refractivity (Wildman–Crippen MR) is 143 cm³/mol. The Bertz CT molecular complexity index is 1280. The zero-order valence-electron chi connectivity index (χ0n) is 22.2. The van der Waals surface area contributed by atoms with E-state index in [2.05, 4.69) is 21.3 Å². The van der Waals surface area contributed by atoms with E-state index in [0.717, 1.165) is 6.07 Å². The first-order valence-corrected chi connectivity index (χ1v) is 13.6. The number of carboxylic acid groups (broad SMARTS) is 1. The Balaban J connectivity index is 1.38. The molecule has 4 heterocycles. The van der Waals surface area contributed by atoms with E-state index in [9.17, 15) is 34.2 Å². The van der Waals surface area contributed by atoms with Gasteiger partial charge in [0.15, 0.2) is 5.75 Å². The minimum absolute atomic E-state index is 0.0116. The molecule has 2 fully saturated rings. The lowest BCUT2D eigenvalue weighted by Crippen LogP contribution is -2.66. The van der Waals surface area contributed by atoms with Gasteiger partial charge in [0.1, 0.15) is 11.4 Å². The Morgan fingerprint density at radius 2 is 2.00 bits per heavy atom. The number of pyridine rings is 1. The molecule has 6 N–H and O–H groups in total. The van der Waals surface area contributed by atoms with Crippen LogP contribution in [0, 0.1) is 11.8 Å². The second kappa shape index (κ2) is 11.4. The fraction of sp³-hybridized carbons (Fsp3) is 0.560. The van der Waals surface area contributed by atoms with Gasteiger partial charge in [0, 0.05) is 54.4 Å². The number of nitrogens with one attached hydrogen (secondary N) is 4. The number of β-lactam (4-membered cyclic amide) rings is 1. The number of aliphatic carboxylic acids is 1. The number of carbonyl (C=O) groups is 4. The molecule has 0 aromatic carbocycles. The van der Waals surface area contributed by atoms with E-state index in [1.165, 1.54) is 27.4 Å². The Morgan fingerprint density at radius 1 is 1.28 bits per heavy atom. The zero-order valence-corrected chi connectivity index (χ0v) is 23.0. The van der Waals surface area contributed by atoms with Gasteiger partial charge in [-0.25, -0.2) is 4.79 Å². The maximum absolute atomic E-state index is 13.0. The number of amides is 3. The highest BCUT2D eigenvalue weighted by Crippen LogP contribution is 2.51. The van der Waals surface area contributed by atoms with Crippen molar-refractivity contribution in [1.82, 2.24) is 30.7 Å². The fourth-order valence-electron chi connectivity index (χ4n) is 5.61. The summed E-state index contributed by atoms with van der Waals surface area (Å²) in [6.07, 6.45) is 1.84. The Morgan fingerprint density at radius 3 is 2.67 bits per heavy atom. The number of thioether (sulfide) groups is 1. The van der Waals surface area contributed by atoms with Crippen LogP contribution in [0.25, 0.3) is 0 Å². The quantitative estimate of drug-likeness (QED) is 0.189. The van der Waals surface area contributed by atoms with Crippen LogP contribution in [0.1, 0.15) is 30.8 Å². The lowest BCUT2D eigenvalue weighted by atomic mass is 9.78. The van der Waals surface area contributed by atoms with Gasteiger partial charge < -0.3 is 40.9 Å². The molecule has 2 saturated heterocycles. The van der Waals surface area contributed by atoms with Gasteiger partial charge in [-0.05, 0) is 20.4 Å². The Labute approximate surface area is 229 Å². The molecule has 0 radical (unpaired) electrons. The summed E-state index contributed by atoms with van der Waals surface area (Å²) in [6.45, 7) is 4.69. The number of aromatic nitrogens is 1. The molecule has 6 atom stereocenters. The van der Waals surface area contributed by atoms with Crippen molar-refractivity contribution >= 4 is 35.5 Å². The third-order valence-corrected chi connectivity index (χ3v) is 9.00. The van der Waals surface area contributed by atoms with Crippen LogP contribution in [0.2, 0.25) is 0 Å². The van der Waals surface area contributed by atoms with Crippen LogP contribution in [0.4, 0.5) is 0 Å². The standard InChI is InChI=1S/C25H34N6O7S/c1-11-20-19(12(2)29-18(34)9-26-3)24(36)31(20)21(25(37)38)22(11)39-14-5-13(27-8-14)7-28-23(35)15-6-16(32)17(33)10-30(15)4/h6,10-14,19-20,26-27,33H,5,7-9H2,1-4H3,(H,28,35)(H,29,34)(H,37,38)/t11-,12-,13+,14+,19-,20-/m1/s1. The highest BCUT2D eigenvalue weighted by atomic mass is 32.2. The summed E-state index contributed by atoms with van der Waals surface area (Å²) >= 11 is 1.44. The lowest BCUT2D eigenvalue weighted by molar-refractivity contribution is -0.158. The maximum Gasteiger partial charge on any atom is 0.353 e. The highest BCUT2D eigenvalue weighted by molar-refractivity contribution is 8.03. The molecule has 4 rings (SSSR count). The van der Waals surface area contributed by atoms with Gasteiger partial charge >= 0.3 is 5.97 Å². The number of fused-ring (bicyclic) bond motifs is 1. The summed E-state index contributed by atoms with van der Waals surface area (Å²) in [4.78, 5) is 63.6. The molecule has 0 aliphatic carbocycles. The number of likely N-dealkylation sites (N-methyl/N-ethyl adjacent to an activating group) is 1. The molecule has 14 heteroatoms. The molecule has 1 aromatic heterocycles. The summed E-state index contributed by atoms with van der Waals surface area (Å²) in [5.41, 5.74) is -0.502. The third kappa shape index (κ3) is 5.54. The molecular weight excluding hydrogens is 528 g/mol. The number of carboxylic acids is 1. The number of carbonyl (C=O) groups excluding carboxylic acids is 3. The van der Waals surface area contributed by atoms with E-state index in [-0.39, 0.29) is 53.0 Å². The normalized spacial score (nSPS) is 26.7. The molecule has 1 aromatic rings. The van der Waals surface area contributed by atoms with Gasteiger partial charge in [0.2, 0.25) is 17.2 Å². The molecule has 0 spiro atoms. The number of aryl methyl sites for hydroxylation is 1. The number of hydrogen-bond acceptors (Lipinski definition) is 9. The summed E-state index contributed by atoms with van der Waals surface area (Å²) in [5.74, 6) is -3.28. The first-order chi connectivity index (χ1) is 18.4. The number of hydrogen-bond donors (Lipinski definition) is 6. The van der Waals surface area contributed by atoms with Gasteiger partial charge in [-0.1, -0.05) is 6.92 Å². The fourth-order valence-corrected chi connectivity index (χ4v) is 7.13. The van der Waals surface area contributed by atoms with Crippen molar-refractivity contribution in [3.05, 3.63) is 38.8 Å². The molecule has 212 valence electrons. The second-order valence-electron chi connectivity index (χ2n) is 10.2. The molecule has 0 bridgehead atoms. The monoisotopic (exact) mass is 562 g/mol. The molecule has 0 saturated carbocycles. The van der Waals surface area contributed by atoms with Crippen molar-refractivity contribution in [3.8, 4) is 5.75 Å². The van der Waals surface area contributed by atoms with Crippen LogP contribution < -0.4 is 26.7 Å². The number of aromatic hydroxyl groups is 1. The molecule has 3 amide bonds. The summed E-state index contributed by atoms with van der Waals surface area (Å²) in [7, 11) is 3.21. The van der Waals surface area contributed by atoms with E-state index in [4.69, 9.17) is 0 Å². The van der Waals surface area contributed by atoms with Gasteiger partial charge in [-0.15, -0.1) is 11.8 Å². The zero-order chi connectivity index (χ0) is 28.6. The first kappa shape index (κ1) is 28.6. The minimum Gasteiger partial charge on any atom is -0.503 e. The lowest BCUT2D eigenvalue weighted by Gasteiger charge is -2.47. The van der Waals surface area contributed by atoms with E-state index < -0.39 is 35.0 Å². The van der Waals surface area contributed by atoms with E-state index in [0.29, 0.717) is 24.4 Å². The van der Waals surface area contributed by atoms with Crippen molar-refractivity contribution in [2.75, 3.05) is 26.7 Å². The number of rotatable bonds is 10. The minimum atomic E-state index is -1.15. The van der Waals surface area contributed by atoms with Crippen molar-refractivity contribution in [1.29, 1.82) is 0 Å². The summed E-state index contributed by atoms with van der Waals surface area (Å²) < 4.78 is 1.37. The molecule has 13 nitrogen and oxygen atoms in total. The Hall–Kier alpha value is -3.36. The summed E-state index contributed by atoms with van der Waals surface area (Å²) in [5, 5.41) is 31.3. The third-order valence-electron chi connectivity index (χ3n) is 7.49. The molecule has 3 aliphatic rings. The van der Waals surface area contributed by atoms with Gasteiger partial charge in [-0.2, -0.15) is 0 Å². The molecular formula is C25H34N6O7S. The van der Waals surface area contributed by atoms with Crippen molar-refractivity contribution in [2.24, 2.45) is 18.9 Å². The van der Waals surface area contributed by atoms with Crippen LogP contribution >= 0.6 is 11.8 Å². The van der Waals surface area contributed by atoms with E-state index in [1.54, 1.807) is 21.0 Å². The Kier molecular flexibility index (Phi) is 8.37. The average molecular weight is 563 g/mol. The summed E-state index contributed by atoms with van der Waals surface area (Å²) in [6, 6.07) is 0.242. The van der Waals surface area contributed by atoms with Crippen LogP contribution in [-0.4, -0.2) is 93.4 Å². The SMILES string of the molecule is CNCC(=O)N[C@H](C)[C@H]1C(=O)N2C(C(=O)O)=C(S[C@@H]3CN[C@H](CNC(=O)c4cc(=O)c(O)cn4C)C3)[C@H](C)[C@H]12. The van der Waals surface area contributed by atoms with Crippen molar-refractivity contribution in [2.45, 2.75) is 43.6 Å². The highest BCUT2D eigenvalue weighted by Gasteiger charge is 2.60. The molecule has 39 heavy (non-hydrogen) atoms. The van der Waals surface area contributed by atoms with Crippen molar-refractivity contribution < 1.29 is 29.4 Å². The van der Waals surface area contributed by atoms with E-state index >= 15 is 0 Å².